The van der Waals surface area contributed by atoms with Gasteiger partial charge in [-0.05, 0) is 6.92 Å². The number of amides is 1. The first kappa shape index (κ1) is 15.2. The average molecular weight is 253 g/mol. The molecule has 0 aliphatic heterocycles. The Morgan fingerprint density at radius 3 is 2.41 bits per heavy atom. The van der Waals surface area contributed by atoms with Crippen molar-refractivity contribution in [3.05, 3.63) is 0 Å². The van der Waals surface area contributed by atoms with Crippen molar-refractivity contribution in [2.45, 2.75) is 25.2 Å². The van der Waals surface area contributed by atoms with Crippen molar-refractivity contribution in [3.63, 3.8) is 0 Å². The molecule has 96 valence electrons. The highest BCUT2D eigenvalue weighted by Crippen LogP contribution is 2.15. The number of terminal acetylenes is 1. The van der Waals surface area contributed by atoms with E-state index in [2.05, 4.69) is 0 Å². The minimum atomic E-state index is -5.15. The molecule has 0 rings (SSSR count). The maximum Gasteiger partial charge on any atom is 0.471 e. The van der Waals surface area contributed by atoms with Crippen molar-refractivity contribution in [2.75, 3.05) is 6.61 Å². The van der Waals surface area contributed by atoms with Crippen LogP contribution < -0.4 is 5.32 Å². The average Bonchev–Trinajstić information content (AvgIpc) is 2.20. The smallest absolute Gasteiger partial charge is 0.471 e. The van der Waals surface area contributed by atoms with Crippen LogP contribution in [-0.2, 0) is 14.3 Å². The number of rotatable bonds is 5. The Labute approximate surface area is 94.9 Å². The topological polar surface area (TPSA) is 75.6 Å². The summed E-state index contributed by atoms with van der Waals surface area (Å²) in [6, 6.07) is -1.82. The Balaban J connectivity index is 4.61. The van der Waals surface area contributed by atoms with Crippen LogP contribution in [0.15, 0.2) is 0 Å². The van der Waals surface area contributed by atoms with Crippen LogP contribution in [0.4, 0.5) is 13.2 Å². The molecule has 0 aromatic heterocycles. The van der Waals surface area contributed by atoms with Crippen molar-refractivity contribution in [1.29, 1.82) is 0 Å². The molecule has 0 aliphatic carbocycles. The molecule has 0 heterocycles. The Hall–Kier alpha value is -1.75. The number of carboxylic acids is 1. The molecule has 5 nitrogen and oxygen atoms in total. The fraction of sp³-hybridized carbons (Fsp3) is 0.556. The Morgan fingerprint density at radius 1 is 1.53 bits per heavy atom. The third-order valence-corrected chi connectivity index (χ3v) is 1.71. The van der Waals surface area contributed by atoms with Crippen molar-refractivity contribution < 1.29 is 32.6 Å². The molecule has 0 aromatic rings. The summed E-state index contributed by atoms with van der Waals surface area (Å²) in [5, 5.41) is 9.95. The SMILES string of the molecule is C#CCO[C@H](C)[C@H](NC(=O)C(F)(F)F)C(=O)O. The predicted octanol–water partition coefficient (Wildman–Crippen LogP) is 0.156. The first-order valence-electron chi connectivity index (χ1n) is 4.35. The molecule has 0 saturated carbocycles. The molecule has 8 heteroatoms. The largest absolute Gasteiger partial charge is 0.480 e. The fourth-order valence-corrected chi connectivity index (χ4v) is 0.879. The lowest BCUT2D eigenvalue weighted by molar-refractivity contribution is -0.176. The van der Waals surface area contributed by atoms with Gasteiger partial charge in [0.15, 0.2) is 6.04 Å². The molecule has 2 atom stereocenters. The van der Waals surface area contributed by atoms with Gasteiger partial charge in [-0.1, -0.05) is 5.92 Å². The minimum absolute atomic E-state index is 0.271. The zero-order valence-electron chi connectivity index (χ0n) is 8.75. The predicted molar refractivity (Wildman–Crippen MR) is 49.9 cm³/mol. The van der Waals surface area contributed by atoms with Crippen molar-refractivity contribution in [1.82, 2.24) is 5.32 Å². The molecule has 1 amide bonds. The summed E-state index contributed by atoms with van der Waals surface area (Å²) in [7, 11) is 0. The summed E-state index contributed by atoms with van der Waals surface area (Å²) in [5.41, 5.74) is 0. The highest BCUT2D eigenvalue weighted by molar-refractivity contribution is 5.87. The Bertz CT molecular complexity index is 334. The molecule has 0 aromatic carbocycles. The molecule has 17 heavy (non-hydrogen) atoms. The van der Waals surface area contributed by atoms with Gasteiger partial charge in [0.05, 0.1) is 6.10 Å². The van der Waals surface area contributed by atoms with Gasteiger partial charge in [0.25, 0.3) is 0 Å². The number of hydrogen-bond acceptors (Lipinski definition) is 3. The number of alkyl halides is 3. The van der Waals surface area contributed by atoms with Crippen LogP contribution in [0.2, 0.25) is 0 Å². The van der Waals surface area contributed by atoms with E-state index >= 15 is 0 Å². The molecule has 0 spiro atoms. The summed E-state index contributed by atoms with van der Waals surface area (Å²) in [4.78, 5) is 21.2. The number of carboxylic acid groups (broad SMARTS) is 1. The third-order valence-electron chi connectivity index (χ3n) is 1.71. The number of carbonyl (C=O) groups is 2. The van der Waals surface area contributed by atoms with Crippen LogP contribution in [-0.4, -0.2) is 41.9 Å². The number of halogens is 3. The molecule has 0 saturated heterocycles. The highest BCUT2D eigenvalue weighted by Gasteiger charge is 2.42. The van der Waals surface area contributed by atoms with Gasteiger partial charge in [-0.15, -0.1) is 6.42 Å². The van der Waals surface area contributed by atoms with E-state index in [1.165, 1.54) is 12.2 Å². The first-order valence-corrected chi connectivity index (χ1v) is 4.35. The van der Waals surface area contributed by atoms with E-state index in [1.807, 2.05) is 5.92 Å². The quantitative estimate of drug-likeness (QED) is 0.684. The number of ether oxygens (including phenoxy) is 1. The molecular formula is C9H10F3NO4. The summed E-state index contributed by atoms with van der Waals surface area (Å²) in [5.74, 6) is -1.97. The van der Waals surface area contributed by atoms with Crippen molar-refractivity contribution in [3.8, 4) is 12.3 Å². The number of hydrogen-bond donors (Lipinski definition) is 2. The zero-order valence-corrected chi connectivity index (χ0v) is 8.75. The van der Waals surface area contributed by atoms with Crippen LogP contribution in [0.3, 0.4) is 0 Å². The van der Waals surface area contributed by atoms with Gasteiger partial charge in [-0.25, -0.2) is 4.79 Å². The number of carbonyl (C=O) groups excluding carboxylic acids is 1. The third kappa shape index (κ3) is 5.21. The molecule has 0 unspecified atom stereocenters. The van der Waals surface area contributed by atoms with Crippen LogP contribution in [0.1, 0.15) is 6.92 Å². The summed E-state index contributed by atoms with van der Waals surface area (Å²) in [6.07, 6.45) is -1.50. The maximum atomic E-state index is 11.9. The van der Waals surface area contributed by atoms with Gasteiger partial charge in [-0.2, -0.15) is 13.2 Å². The van der Waals surface area contributed by atoms with Gasteiger partial charge in [-0.3, -0.25) is 4.79 Å². The standard InChI is InChI=1S/C9H10F3NO4/c1-3-4-17-5(2)6(7(14)15)13-8(16)9(10,11)12/h1,5-6H,4H2,2H3,(H,13,16)(H,14,15)/t5-,6+/m1/s1. The van der Waals surface area contributed by atoms with Crippen LogP contribution in [0, 0.1) is 12.3 Å². The van der Waals surface area contributed by atoms with Gasteiger partial charge in [0, 0.05) is 0 Å². The monoisotopic (exact) mass is 253 g/mol. The van der Waals surface area contributed by atoms with Gasteiger partial charge < -0.3 is 15.2 Å². The second-order valence-electron chi connectivity index (χ2n) is 3.01. The maximum absolute atomic E-state index is 11.9. The van der Waals surface area contributed by atoms with Crippen LogP contribution >= 0.6 is 0 Å². The van der Waals surface area contributed by atoms with Gasteiger partial charge in [0.1, 0.15) is 6.61 Å². The van der Waals surface area contributed by atoms with E-state index in [0.717, 1.165) is 0 Å². The lowest BCUT2D eigenvalue weighted by atomic mass is 10.2. The molecular weight excluding hydrogens is 243 g/mol. The zero-order chi connectivity index (χ0) is 13.6. The van der Waals surface area contributed by atoms with Crippen molar-refractivity contribution >= 4 is 11.9 Å². The van der Waals surface area contributed by atoms with Gasteiger partial charge >= 0.3 is 18.1 Å². The van der Waals surface area contributed by atoms with E-state index in [1.54, 1.807) is 0 Å². The molecule has 0 bridgehead atoms. The fourth-order valence-electron chi connectivity index (χ4n) is 0.879. The minimum Gasteiger partial charge on any atom is -0.480 e. The van der Waals surface area contributed by atoms with E-state index < -0.39 is 30.2 Å². The summed E-state index contributed by atoms with van der Waals surface area (Å²) >= 11 is 0. The molecule has 0 fully saturated rings. The summed E-state index contributed by atoms with van der Waals surface area (Å²) in [6.45, 7) is 0.916. The Kier molecular flexibility index (Phi) is 5.47. The van der Waals surface area contributed by atoms with Crippen LogP contribution in [0.5, 0.6) is 0 Å². The second-order valence-corrected chi connectivity index (χ2v) is 3.01. The van der Waals surface area contributed by atoms with E-state index in [0.29, 0.717) is 0 Å². The lowest BCUT2D eigenvalue weighted by Crippen LogP contribution is -2.52. The normalized spacial score (nSPS) is 14.5. The lowest BCUT2D eigenvalue weighted by Gasteiger charge is -2.21. The molecule has 2 N–H and O–H groups in total. The second kappa shape index (κ2) is 6.10. The van der Waals surface area contributed by atoms with E-state index in [-0.39, 0.29) is 6.61 Å². The number of aliphatic carboxylic acids is 1. The highest BCUT2D eigenvalue weighted by atomic mass is 19.4. The molecule has 0 aliphatic rings. The first-order chi connectivity index (χ1) is 7.70. The Morgan fingerprint density at radius 2 is 2.06 bits per heavy atom. The summed E-state index contributed by atoms with van der Waals surface area (Å²) < 4.78 is 40.5. The van der Waals surface area contributed by atoms with Crippen LogP contribution in [0.25, 0.3) is 0 Å². The molecule has 0 radical (unpaired) electrons. The van der Waals surface area contributed by atoms with E-state index in [4.69, 9.17) is 16.3 Å². The van der Waals surface area contributed by atoms with Crippen molar-refractivity contribution in [2.24, 2.45) is 0 Å². The number of nitrogens with one attached hydrogen (secondary N) is 1. The van der Waals surface area contributed by atoms with Gasteiger partial charge in [0.2, 0.25) is 0 Å². The van der Waals surface area contributed by atoms with E-state index in [9.17, 15) is 22.8 Å².